The van der Waals surface area contributed by atoms with Gasteiger partial charge in [-0.15, -0.1) is 0 Å². The molecule has 1 saturated heterocycles. The number of aliphatic carboxylic acids is 1. The average Bonchev–Trinajstić information content (AvgIpc) is 2.90. The minimum Gasteiger partial charge on any atom is -0.481 e. The molecule has 0 spiro atoms. The summed E-state index contributed by atoms with van der Waals surface area (Å²) in [5.74, 6) is -0.969. The second kappa shape index (κ2) is 5.71. The number of carbonyl (C=O) groups is 1. The van der Waals surface area contributed by atoms with Gasteiger partial charge in [0.1, 0.15) is 5.69 Å². The Morgan fingerprint density at radius 1 is 1.52 bits per heavy atom. The molecule has 2 heterocycles. The van der Waals surface area contributed by atoms with Crippen LogP contribution in [-0.2, 0) is 11.3 Å². The molecule has 1 aromatic heterocycles. The number of aromatic nitrogens is 2. The zero-order valence-electron chi connectivity index (χ0n) is 12.4. The predicted molar refractivity (Wildman–Crippen MR) is 76.4 cm³/mol. The van der Waals surface area contributed by atoms with Crippen molar-refractivity contribution in [2.24, 2.45) is 11.8 Å². The quantitative estimate of drug-likeness (QED) is 0.655. The minimum absolute atomic E-state index is 0.0123. The Morgan fingerprint density at radius 2 is 2.19 bits per heavy atom. The zero-order chi connectivity index (χ0) is 15.7. The van der Waals surface area contributed by atoms with E-state index in [0.717, 1.165) is 6.42 Å². The van der Waals surface area contributed by atoms with Crippen molar-refractivity contribution in [1.82, 2.24) is 9.78 Å². The number of carboxylic acid groups (broad SMARTS) is 1. The highest BCUT2D eigenvalue weighted by molar-refractivity contribution is 5.73. The van der Waals surface area contributed by atoms with Crippen LogP contribution >= 0.6 is 0 Å². The summed E-state index contributed by atoms with van der Waals surface area (Å²) in [5.41, 5.74) is 0.358. The third-order valence-electron chi connectivity index (χ3n) is 3.92. The van der Waals surface area contributed by atoms with Crippen molar-refractivity contribution in [3.8, 4) is 0 Å². The maximum Gasteiger partial charge on any atom is 0.333 e. The van der Waals surface area contributed by atoms with Crippen molar-refractivity contribution in [2.45, 2.75) is 33.7 Å². The molecule has 0 aliphatic carbocycles. The molecule has 0 amide bonds. The van der Waals surface area contributed by atoms with Gasteiger partial charge >= 0.3 is 11.7 Å². The molecule has 1 aliphatic heterocycles. The first-order valence-corrected chi connectivity index (χ1v) is 7.06. The van der Waals surface area contributed by atoms with Gasteiger partial charge in [-0.3, -0.25) is 14.9 Å². The van der Waals surface area contributed by atoms with Gasteiger partial charge in [-0.1, -0.05) is 13.8 Å². The molecule has 1 aliphatic rings. The van der Waals surface area contributed by atoms with Gasteiger partial charge < -0.3 is 10.0 Å². The molecule has 0 radical (unpaired) electrons. The lowest BCUT2D eigenvalue weighted by atomic mass is 9.99. The van der Waals surface area contributed by atoms with Crippen LogP contribution in [0.1, 0.15) is 26.0 Å². The van der Waals surface area contributed by atoms with E-state index in [1.807, 2.05) is 13.8 Å². The third-order valence-corrected chi connectivity index (χ3v) is 3.92. The SMILES string of the molecule is CCCn1nc(C)c([N+](=O)[O-])c1N1CC(C)C(C(=O)O)C1. The highest BCUT2D eigenvalue weighted by atomic mass is 16.6. The van der Waals surface area contributed by atoms with Crippen molar-refractivity contribution in [2.75, 3.05) is 18.0 Å². The molecule has 1 aromatic rings. The summed E-state index contributed by atoms with van der Waals surface area (Å²) in [5, 5.41) is 24.8. The van der Waals surface area contributed by atoms with E-state index in [0.29, 0.717) is 24.6 Å². The van der Waals surface area contributed by atoms with Gasteiger partial charge in [0.2, 0.25) is 5.82 Å². The predicted octanol–water partition coefficient (Wildman–Crippen LogP) is 1.67. The Bertz CT molecular complexity index is 569. The molecule has 1 fully saturated rings. The Kier molecular flexibility index (Phi) is 4.15. The Balaban J connectivity index is 2.43. The number of hydrogen-bond acceptors (Lipinski definition) is 5. The van der Waals surface area contributed by atoms with E-state index >= 15 is 0 Å². The van der Waals surface area contributed by atoms with Crippen LogP contribution in [0.3, 0.4) is 0 Å². The van der Waals surface area contributed by atoms with E-state index < -0.39 is 16.8 Å². The summed E-state index contributed by atoms with van der Waals surface area (Å²) in [6.07, 6.45) is 0.803. The lowest BCUT2D eigenvalue weighted by molar-refractivity contribution is -0.384. The third kappa shape index (κ3) is 2.70. The molecule has 0 saturated carbocycles. The monoisotopic (exact) mass is 296 g/mol. The van der Waals surface area contributed by atoms with Gasteiger partial charge in [0, 0.05) is 19.6 Å². The summed E-state index contributed by atoms with van der Waals surface area (Å²) in [6, 6.07) is 0. The first-order valence-electron chi connectivity index (χ1n) is 7.06. The number of hydrogen-bond donors (Lipinski definition) is 1. The molecule has 0 aromatic carbocycles. The summed E-state index contributed by atoms with van der Waals surface area (Å²) in [6.45, 7) is 6.80. The van der Waals surface area contributed by atoms with Gasteiger partial charge in [0.15, 0.2) is 0 Å². The standard InChI is InChI=1S/C13H20N4O4/c1-4-5-16-12(11(17(20)21)9(3)14-16)15-6-8(2)10(7-15)13(18)19/h8,10H,4-7H2,1-3H3,(H,18,19). The molecule has 8 nitrogen and oxygen atoms in total. The molecule has 2 unspecified atom stereocenters. The lowest BCUT2D eigenvalue weighted by Crippen LogP contribution is -2.26. The van der Waals surface area contributed by atoms with Gasteiger partial charge in [0.05, 0.1) is 10.8 Å². The second-order valence-corrected chi connectivity index (χ2v) is 5.56. The van der Waals surface area contributed by atoms with Crippen molar-refractivity contribution in [3.05, 3.63) is 15.8 Å². The van der Waals surface area contributed by atoms with Crippen LogP contribution < -0.4 is 4.90 Å². The Labute approximate surface area is 122 Å². The van der Waals surface area contributed by atoms with Gasteiger partial charge in [-0.2, -0.15) is 5.10 Å². The normalized spacial score (nSPS) is 21.8. The molecule has 8 heteroatoms. The van der Waals surface area contributed by atoms with Crippen LogP contribution in [0.25, 0.3) is 0 Å². The van der Waals surface area contributed by atoms with E-state index in [-0.39, 0.29) is 18.2 Å². The number of anilines is 1. The van der Waals surface area contributed by atoms with Crippen LogP contribution in [0, 0.1) is 28.9 Å². The molecule has 116 valence electrons. The number of nitrogens with zero attached hydrogens (tertiary/aromatic N) is 4. The first kappa shape index (κ1) is 15.3. The minimum atomic E-state index is -0.856. The molecule has 2 rings (SSSR count). The largest absolute Gasteiger partial charge is 0.481 e. The molecular formula is C13H20N4O4. The van der Waals surface area contributed by atoms with Crippen molar-refractivity contribution in [1.29, 1.82) is 0 Å². The number of rotatable bonds is 5. The van der Waals surface area contributed by atoms with Crippen LogP contribution in [0.4, 0.5) is 11.5 Å². The van der Waals surface area contributed by atoms with Gasteiger partial charge in [-0.05, 0) is 19.3 Å². The number of nitro groups is 1. The average molecular weight is 296 g/mol. The Morgan fingerprint density at radius 3 is 2.67 bits per heavy atom. The van der Waals surface area contributed by atoms with E-state index in [4.69, 9.17) is 0 Å². The first-order chi connectivity index (χ1) is 9.86. The Hall–Kier alpha value is -2.12. The fraction of sp³-hybridized carbons (Fsp3) is 0.692. The van der Waals surface area contributed by atoms with E-state index in [9.17, 15) is 20.0 Å². The zero-order valence-corrected chi connectivity index (χ0v) is 12.4. The summed E-state index contributed by atoms with van der Waals surface area (Å²) < 4.78 is 1.63. The maximum atomic E-state index is 11.3. The summed E-state index contributed by atoms with van der Waals surface area (Å²) in [7, 11) is 0. The van der Waals surface area contributed by atoms with Crippen LogP contribution in [0.15, 0.2) is 0 Å². The topological polar surface area (TPSA) is 101 Å². The molecule has 21 heavy (non-hydrogen) atoms. The number of aryl methyl sites for hydroxylation is 2. The molecular weight excluding hydrogens is 276 g/mol. The van der Waals surface area contributed by atoms with Crippen molar-refractivity contribution >= 4 is 17.5 Å². The van der Waals surface area contributed by atoms with Gasteiger partial charge in [-0.25, -0.2) is 4.68 Å². The summed E-state index contributed by atoms with van der Waals surface area (Å²) in [4.78, 5) is 23.9. The smallest absolute Gasteiger partial charge is 0.333 e. The fourth-order valence-corrected chi connectivity index (χ4v) is 2.92. The van der Waals surface area contributed by atoms with Gasteiger partial charge in [0.25, 0.3) is 0 Å². The highest BCUT2D eigenvalue weighted by Crippen LogP contribution is 2.36. The molecule has 0 bridgehead atoms. The van der Waals surface area contributed by atoms with E-state index in [2.05, 4.69) is 5.10 Å². The van der Waals surface area contributed by atoms with Crippen LogP contribution in [-0.4, -0.2) is 38.9 Å². The maximum absolute atomic E-state index is 11.3. The fourth-order valence-electron chi connectivity index (χ4n) is 2.92. The van der Waals surface area contributed by atoms with E-state index in [1.54, 1.807) is 16.5 Å². The highest BCUT2D eigenvalue weighted by Gasteiger charge is 2.39. The summed E-state index contributed by atoms with van der Waals surface area (Å²) >= 11 is 0. The molecule has 2 atom stereocenters. The van der Waals surface area contributed by atoms with Crippen LogP contribution in [0.2, 0.25) is 0 Å². The van der Waals surface area contributed by atoms with Crippen LogP contribution in [0.5, 0.6) is 0 Å². The second-order valence-electron chi connectivity index (χ2n) is 5.56. The van der Waals surface area contributed by atoms with E-state index in [1.165, 1.54) is 0 Å². The molecule has 1 N–H and O–H groups in total. The van der Waals surface area contributed by atoms with Crippen molar-refractivity contribution in [3.63, 3.8) is 0 Å². The lowest BCUT2D eigenvalue weighted by Gasteiger charge is -2.18. The van der Waals surface area contributed by atoms with Crippen molar-refractivity contribution < 1.29 is 14.8 Å². The number of carboxylic acids is 1.